The van der Waals surface area contributed by atoms with Crippen LogP contribution in [0.5, 0.6) is 0 Å². The van der Waals surface area contributed by atoms with Gasteiger partial charge in [0.25, 0.3) is 0 Å². The molecule has 0 radical (unpaired) electrons. The summed E-state index contributed by atoms with van der Waals surface area (Å²) in [6.07, 6.45) is -0.112. The number of hydrogen-bond donors (Lipinski definition) is 9. The molecule has 12 N–H and O–H groups in total. The molecule has 0 aromatic carbocycles. The van der Waals surface area contributed by atoms with Crippen molar-refractivity contribution in [1.29, 1.82) is 0 Å². The van der Waals surface area contributed by atoms with Crippen molar-refractivity contribution in [2.75, 3.05) is 13.1 Å². The fraction of sp³-hybridized carbons (Fsp3) is 0.632. The Morgan fingerprint density at radius 3 is 2.03 bits per heavy atom. The van der Waals surface area contributed by atoms with Crippen LogP contribution in [-0.4, -0.2) is 89.0 Å². The summed E-state index contributed by atoms with van der Waals surface area (Å²) < 4.78 is 0. The highest BCUT2D eigenvalue weighted by Crippen LogP contribution is 2.01. The Kier molecular flexibility index (Phi) is 14.0. The second-order valence-electron chi connectivity index (χ2n) is 7.62. The van der Waals surface area contributed by atoms with E-state index >= 15 is 0 Å². The van der Waals surface area contributed by atoms with E-state index in [9.17, 15) is 28.8 Å². The molecule has 0 saturated carbocycles. The number of guanidine groups is 1. The zero-order chi connectivity index (χ0) is 27.1. The van der Waals surface area contributed by atoms with Gasteiger partial charge in [0, 0.05) is 13.0 Å². The molecule has 0 heterocycles. The van der Waals surface area contributed by atoms with Gasteiger partial charge in [-0.05, 0) is 33.1 Å². The summed E-state index contributed by atoms with van der Waals surface area (Å²) in [5.74, 6) is -5.68. The maximum Gasteiger partial charge on any atom is 0.325 e. The molecule has 0 unspecified atom stereocenters. The van der Waals surface area contributed by atoms with Crippen molar-refractivity contribution in [1.82, 2.24) is 21.3 Å². The Morgan fingerprint density at radius 2 is 1.49 bits per heavy atom. The maximum atomic E-state index is 12.5. The van der Waals surface area contributed by atoms with Gasteiger partial charge in [0.1, 0.15) is 18.1 Å². The number of carbonyl (C=O) groups is 6. The van der Waals surface area contributed by atoms with Crippen molar-refractivity contribution in [3.8, 4) is 0 Å². The van der Waals surface area contributed by atoms with Crippen molar-refractivity contribution in [2.45, 2.75) is 63.7 Å². The zero-order valence-corrected chi connectivity index (χ0v) is 19.6. The Morgan fingerprint density at radius 1 is 0.857 bits per heavy atom. The fourth-order valence-corrected chi connectivity index (χ4v) is 2.51. The van der Waals surface area contributed by atoms with Gasteiger partial charge in [-0.25, -0.2) is 0 Å². The zero-order valence-electron chi connectivity index (χ0n) is 19.6. The Balaban J connectivity index is 4.89. The summed E-state index contributed by atoms with van der Waals surface area (Å²) in [5, 5.41) is 26.7. The van der Waals surface area contributed by atoms with Gasteiger partial charge in [-0.15, -0.1) is 0 Å². The maximum absolute atomic E-state index is 12.5. The van der Waals surface area contributed by atoms with Gasteiger partial charge < -0.3 is 48.7 Å². The highest BCUT2D eigenvalue weighted by atomic mass is 16.4. The van der Waals surface area contributed by atoms with Gasteiger partial charge >= 0.3 is 11.9 Å². The van der Waals surface area contributed by atoms with Crippen LogP contribution >= 0.6 is 0 Å². The second kappa shape index (κ2) is 15.8. The fourth-order valence-electron chi connectivity index (χ4n) is 2.51. The Hall–Kier alpha value is -3.95. The van der Waals surface area contributed by atoms with E-state index in [2.05, 4.69) is 26.3 Å². The number of nitrogens with two attached hydrogens (primary N) is 3. The van der Waals surface area contributed by atoms with Crippen LogP contribution in [-0.2, 0) is 28.8 Å². The molecule has 0 fully saturated rings. The number of aliphatic imine (C=N–C) groups is 1. The van der Waals surface area contributed by atoms with E-state index in [1.165, 1.54) is 13.8 Å². The van der Waals surface area contributed by atoms with Gasteiger partial charge in [0.15, 0.2) is 5.96 Å². The van der Waals surface area contributed by atoms with Gasteiger partial charge in [-0.3, -0.25) is 33.8 Å². The first-order valence-electron chi connectivity index (χ1n) is 10.7. The number of hydrogen-bond acceptors (Lipinski definition) is 8. The molecule has 16 nitrogen and oxygen atoms in total. The SMILES string of the molecule is C[C@H](NC(=O)CNC(=O)[C@H](CCC(=O)O)NC(=O)[C@H](C)NC(=O)[C@@H](N)CCCN=C(N)N)C(=O)O. The smallest absolute Gasteiger partial charge is 0.325 e. The summed E-state index contributed by atoms with van der Waals surface area (Å²) in [7, 11) is 0. The highest BCUT2D eigenvalue weighted by molar-refractivity contribution is 5.94. The van der Waals surface area contributed by atoms with E-state index < -0.39 is 72.7 Å². The lowest BCUT2D eigenvalue weighted by Crippen LogP contribution is -2.55. The average molecular weight is 503 g/mol. The standard InChI is InChI=1S/C19H34N8O8/c1-9(26-16(32)11(20)4-3-7-23-19(21)22)15(31)27-12(5-6-14(29)30)17(33)24-8-13(28)25-10(2)18(34)35/h9-12H,3-8,20H2,1-2H3,(H,24,33)(H,25,28)(H,26,32)(H,27,31)(H,29,30)(H,34,35)(H4,21,22,23)/t9-,10-,11-,12-/m0/s1. The molecule has 0 aromatic heterocycles. The van der Waals surface area contributed by atoms with E-state index in [-0.39, 0.29) is 25.3 Å². The molecular formula is C19H34N8O8. The first-order valence-corrected chi connectivity index (χ1v) is 10.7. The van der Waals surface area contributed by atoms with Gasteiger partial charge in [0.2, 0.25) is 23.6 Å². The van der Waals surface area contributed by atoms with Crippen LogP contribution in [0, 0.1) is 0 Å². The third kappa shape index (κ3) is 14.0. The molecule has 0 rings (SSSR count). The van der Waals surface area contributed by atoms with E-state index in [4.69, 9.17) is 27.4 Å². The minimum atomic E-state index is -1.34. The van der Waals surface area contributed by atoms with Crippen molar-refractivity contribution >= 4 is 41.5 Å². The van der Waals surface area contributed by atoms with Crippen LogP contribution in [0.1, 0.15) is 39.5 Å². The van der Waals surface area contributed by atoms with Crippen LogP contribution in [0.25, 0.3) is 0 Å². The molecule has 0 bridgehead atoms. The monoisotopic (exact) mass is 502 g/mol. The number of carbonyl (C=O) groups excluding carboxylic acids is 4. The predicted octanol–water partition coefficient (Wildman–Crippen LogP) is -4.07. The van der Waals surface area contributed by atoms with Gasteiger partial charge in [-0.1, -0.05) is 0 Å². The largest absolute Gasteiger partial charge is 0.481 e. The van der Waals surface area contributed by atoms with Crippen LogP contribution in [0.4, 0.5) is 0 Å². The molecule has 35 heavy (non-hydrogen) atoms. The first-order chi connectivity index (χ1) is 16.2. The normalized spacial score (nSPS) is 13.8. The molecule has 0 aliphatic carbocycles. The topological polar surface area (TPSA) is 281 Å². The number of nitrogens with zero attached hydrogens (tertiary/aromatic N) is 1. The molecule has 198 valence electrons. The van der Waals surface area contributed by atoms with Crippen LogP contribution < -0.4 is 38.5 Å². The predicted molar refractivity (Wildman–Crippen MR) is 123 cm³/mol. The van der Waals surface area contributed by atoms with E-state index in [1.807, 2.05) is 0 Å². The molecule has 4 amide bonds. The van der Waals surface area contributed by atoms with E-state index in [1.54, 1.807) is 0 Å². The van der Waals surface area contributed by atoms with Crippen LogP contribution in [0.3, 0.4) is 0 Å². The molecule has 0 aliphatic rings. The number of carboxylic acids is 2. The minimum absolute atomic E-state index is 0.0924. The van der Waals surface area contributed by atoms with Gasteiger partial charge in [-0.2, -0.15) is 0 Å². The summed E-state index contributed by atoms with van der Waals surface area (Å²) >= 11 is 0. The number of carboxylic acid groups (broad SMARTS) is 2. The number of nitrogens with one attached hydrogen (secondary N) is 4. The summed E-state index contributed by atoms with van der Waals surface area (Å²) in [6, 6.07) is -4.59. The number of rotatable bonds is 16. The Labute approximate surface area is 201 Å². The van der Waals surface area contributed by atoms with Crippen molar-refractivity contribution < 1.29 is 39.0 Å². The van der Waals surface area contributed by atoms with Crippen LogP contribution in [0.2, 0.25) is 0 Å². The lowest BCUT2D eigenvalue weighted by atomic mass is 10.1. The molecule has 0 aromatic rings. The van der Waals surface area contributed by atoms with E-state index in [0.29, 0.717) is 6.42 Å². The molecule has 16 heteroatoms. The molecular weight excluding hydrogens is 468 g/mol. The first kappa shape index (κ1) is 31.0. The van der Waals surface area contributed by atoms with Crippen LogP contribution in [0.15, 0.2) is 4.99 Å². The van der Waals surface area contributed by atoms with Crippen molar-refractivity contribution in [2.24, 2.45) is 22.2 Å². The lowest BCUT2D eigenvalue weighted by Gasteiger charge is -2.22. The van der Waals surface area contributed by atoms with E-state index in [0.717, 1.165) is 0 Å². The van der Waals surface area contributed by atoms with Gasteiger partial charge in [0.05, 0.1) is 12.6 Å². The average Bonchev–Trinajstić information content (AvgIpc) is 2.76. The highest BCUT2D eigenvalue weighted by Gasteiger charge is 2.26. The van der Waals surface area contributed by atoms with Crippen molar-refractivity contribution in [3.63, 3.8) is 0 Å². The lowest BCUT2D eigenvalue weighted by molar-refractivity contribution is -0.141. The molecule has 0 spiro atoms. The Bertz CT molecular complexity index is 815. The quantitative estimate of drug-likeness (QED) is 0.0555. The molecule has 0 aliphatic heterocycles. The van der Waals surface area contributed by atoms with Crippen molar-refractivity contribution in [3.05, 3.63) is 0 Å². The molecule has 0 saturated heterocycles. The summed E-state index contributed by atoms with van der Waals surface area (Å²) in [6.45, 7) is 2.24. The third-order valence-corrected chi connectivity index (χ3v) is 4.51. The summed E-state index contributed by atoms with van der Waals surface area (Å²) in [5.41, 5.74) is 16.2. The summed E-state index contributed by atoms with van der Waals surface area (Å²) in [4.78, 5) is 74.3. The molecule has 4 atom stereocenters. The minimum Gasteiger partial charge on any atom is -0.481 e. The number of aliphatic carboxylic acids is 2. The third-order valence-electron chi connectivity index (χ3n) is 4.51. The second-order valence-corrected chi connectivity index (χ2v) is 7.62. The number of amides is 4.